The topological polar surface area (TPSA) is 35.5 Å². The van der Waals surface area contributed by atoms with Gasteiger partial charge in [0.1, 0.15) is 11.5 Å². The number of hydrogen-bond donors (Lipinski definition) is 0. The van der Waals surface area contributed by atoms with Gasteiger partial charge in [0.15, 0.2) is 6.61 Å². The molecule has 3 nitrogen and oxygen atoms in total. The molecular formula is C21H16O3. The third-order valence-corrected chi connectivity index (χ3v) is 4.26. The fourth-order valence-electron chi connectivity index (χ4n) is 3.01. The van der Waals surface area contributed by atoms with Gasteiger partial charge in [-0.2, -0.15) is 0 Å². The van der Waals surface area contributed by atoms with Crippen LogP contribution < -0.4 is 9.47 Å². The summed E-state index contributed by atoms with van der Waals surface area (Å²) in [5.74, 6) is 1.37. The van der Waals surface area contributed by atoms with Gasteiger partial charge in [-0.25, -0.2) is 0 Å². The van der Waals surface area contributed by atoms with E-state index in [1.807, 2.05) is 66.7 Å². The number of methoxy groups -OCH3 is 1. The van der Waals surface area contributed by atoms with Crippen LogP contribution in [0.1, 0.15) is 10.4 Å². The van der Waals surface area contributed by atoms with E-state index in [0.717, 1.165) is 22.3 Å². The van der Waals surface area contributed by atoms with E-state index in [9.17, 15) is 4.79 Å². The summed E-state index contributed by atoms with van der Waals surface area (Å²) in [4.78, 5) is 12.6. The maximum absolute atomic E-state index is 12.6. The van der Waals surface area contributed by atoms with Crippen LogP contribution in [0.25, 0.3) is 22.3 Å². The molecule has 118 valence electrons. The van der Waals surface area contributed by atoms with Crippen LogP contribution in [0, 0.1) is 0 Å². The molecule has 0 radical (unpaired) electrons. The normalized spacial score (nSPS) is 12.6. The Hall–Kier alpha value is -3.07. The molecule has 0 aromatic heterocycles. The number of ketones is 1. The second-order valence-corrected chi connectivity index (χ2v) is 5.70. The van der Waals surface area contributed by atoms with E-state index in [1.54, 1.807) is 7.11 Å². The standard InChI is InChI=1S/C21H16O3/c1-23-16-8-10-18-17-9-7-15(14-5-3-2-4-6-14)11-19(17)20(22)13-24-21(18)12-16/h2-12H,13H2,1H3. The highest BCUT2D eigenvalue weighted by atomic mass is 16.5. The number of benzene rings is 3. The molecule has 0 atom stereocenters. The molecule has 0 saturated carbocycles. The Bertz CT molecular complexity index is 914. The SMILES string of the molecule is COc1ccc2c(c1)OCC(=O)c1cc(-c3ccccc3)ccc1-2. The predicted molar refractivity (Wildman–Crippen MR) is 93.7 cm³/mol. The fourth-order valence-corrected chi connectivity index (χ4v) is 3.01. The number of ether oxygens (including phenoxy) is 2. The van der Waals surface area contributed by atoms with Gasteiger partial charge >= 0.3 is 0 Å². The van der Waals surface area contributed by atoms with Crippen LogP contribution in [-0.4, -0.2) is 19.5 Å². The molecule has 0 N–H and O–H groups in total. The Morgan fingerprint density at radius 2 is 1.62 bits per heavy atom. The van der Waals surface area contributed by atoms with Crippen LogP contribution in [0.3, 0.4) is 0 Å². The summed E-state index contributed by atoms with van der Waals surface area (Å²) in [6.45, 7) is 0.0331. The molecule has 0 amide bonds. The quantitative estimate of drug-likeness (QED) is 0.693. The first-order valence-corrected chi connectivity index (χ1v) is 7.80. The van der Waals surface area contributed by atoms with E-state index in [2.05, 4.69) is 0 Å². The van der Waals surface area contributed by atoms with Gasteiger partial charge in [0.05, 0.1) is 7.11 Å². The van der Waals surface area contributed by atoms with Crippen molar-refractivity contribution in [1.82, 2.24) is 0 Å². The Morgan fingerprint density at radius 1 is 0.833 bits per heavy atom. The molecular weight excluding hydrogens is 300 g/mol. The summed E-state index contributed by atoms with van der Waals surface area (Å²) in [5.41, 5.74) is 4.62. The average Bonchev–Trinajstić information content (AvgIpc) is 2.79. The molecule has 1 aliphatic heterocycles. The smallest absolute Gasteiger partial charge is 0.200 e. The van der Waals surface area contributed by atoms with Gasteiger partial charge in [-0.1, -0.05) is 42.5 Å². The molecule has 1 heterocycles. The summed E-state index contributed by atoms with van der Waals surface area (Å²) < 4.78 is 10.9. The number of carbonyl (C=O) groups is 1. The molecule has 0 spiro atoms. The largest absolute Gasteiger partial charge is 0.497 e. The highest BCUT2D eigenvalue weighted by molar-refractivity contribution is 6.06. The minimum atomic E-state index is -0.0158. The van der Waals surface area contributed by atoms with Gasteiger partial charge in [0, 0.05) is 17.2 Å². The molecule has 4 rings (SSSR count). The summed E-state index contributed by atoms with van der Waals surface area (Å²) >= 11 is 0. The fraction of sp³-hybridized carbons (Fsp3) is 0.0952. The van der Waals surface area contributed by atoms with Gasteiger partial charge in [-0.05, 0) is 34.9 Å². The third kappa shape index (κ3) is 2.44. The van der Waals surface area contributed by atoms with E-state index >= 15 is 0 Å². The lowest BCUT2D eigenvalue weighted by atomic mass is 9.93. The number of rotatable bonds is 2. The first-order valence-electron chi connectivity index (χ1n) is 7.80. The van der Waals surface area contributed by atoms with Gasteiger partial charge in [0.2, 0.25) is 5.78 Å². The van der Waals surface area contributed by atoms with Crippen molar-refractivity contribution < 1.29 is 14.3 Å². The zero-order valence-electron chi connectivity index (χ0n) is 13.3. The van der Waals surface area contributed by atoms with Gasteiger partial charge < -0.3 is 9.47 Å². The molecule has 0 aliphatic carbocycles. The van der Waals surface area contributed by atoms with Gasteiger partial charge in [-0.15, -0.1) is 0 Å². The highest BCUT2D eigenvalue weighted by Gasteiger charge is 2.22. The monoisotopic (exact) mass is 316 g/mol. The van der Waals surface area contributed by atoms with Gasteiger partial charge in [-0.3, -0.25) is 4.79 Å². The summed E-state index contributed by atoms with van der Waals surface area (Å²) in [5, 5.41) is 0. The molecule has 1 aliphatic rings. The molecule has 3 aromatic rings. The summed E-state index contributed by atoms with van der Waals surface area (Å²) in [6.07, 6.45) is 0. The molecule has 3 heteroatoms. The van der Waals surface area contributed by atoms with Crippen molar-refractivity contribution in [3.05, 3.63) is 72.3 Å². The lowest BCUT2D eigenvalue weighted by Gasteiger charge is -2.11. The lowest BCUT2D eigenvalue weighted by Crippen LogP contribution is -2.09. The van der Waals surface area contributed by atoms with E-state index in [1.165, 1.54) is 0 Å². The molecule has 0 saturated heterocycles. The molecule has 0 fully saturated rings. The van der Waals surface area contributed by atoms with Crippen LogP contribution in [-0.2, 0) is 0 Å². The average molecular weight is 316 g/mol. The van der Waals surface area contributed by atoms with Gasteiger partial charge in [0.25, 0.3) is 0 Å². The number of Topliss-reactive ketones (excluding diaryl/α,β-unsaturated/α-hetero) is 1. The number of carbonyl (C=O) groups excluding carboxylic acids is 1. The molecule has 24 heavy (non-hydrogen) atoms. The van der Waals surface area contributed by atoms with Crippen LogP contribution in [0.2, 0.25) is 0 Å². The second kappa shape index (κ2) is 5.85. The van der Waals surface area contributed by atoms with Crippen molar-refractivity contribution in [2.24, 2.45) is 0 Å². The summed E-state index contributed by atoms with van der Waals surface area (Å²) in [6, 6.07) is 21.7. The van der Waals surface area contributed by atoms with E-state index in [0.29, 0.717) is 17.1 Å². The van der Waals surface area contributed by atoms with E-state index in [4.69, 9.17) is 9.47 Å². The van der Waals surface area contributed by atoms with Crippen molar-refractivity contribution >= 4 is 5.78 Å². The second-order valence-electron chi connectivity index (χ2n) is 5.70. The highest BCUT2D eigenvalue weighted by Crippen LogP contribution is 2.39. The van der Waals surface area contributed by atoms with Crippen LogP contribution in [0.15, 0.2) is 66.7 Å². The number of hydrogen-bond acceptors (Lipinski definition) is 3. The Labute approximate surface area is 140 Å². The van der Waals surface area contributed by atoms with E-state index < -0.39 is 0 Å². The van der Waals surface area contributed by atoms with Crippen molar-refractivity contribution in [3.8, 4) is 33.8 Å². The molecule has 0 unspecified atom stereocenters. The minimum Gasteiger partial charge on any atom is -0.497 e. The van der Waals surface area contributed by atoms with E-state index in [-0.39, 0.29) is 12.4 Å². The Balaban J connectivity index is 1.88. The van der Waals surface area contributed by atoms with Crippen LogP contribution in [0.4, 0.5) is 0 Å². The Kier molecular flexibility index (Phi) is 3.54. The van der Waals surface area contributed by atoms with Crippen LogP contribution >= 0.6 is 0 Å². The predicted octanol–water partition coefficient (Wildman–Crippen LogP) is 4.60. The van der Waals surface area contributed by atoms with Crippen molar-refractivity contribution in [2.45, 2.75) is 0 Å². The maximum Gasteiger partial charge on any atom is 0.200 e. The van der Waals surface area contributed by atoms with Crippen molar-refractivity contribution in [3.63, 3.8) is 0 Å². The van der Waals surface area contributed by atoms with Crippen molar-refractivity contribution in [1.29, 1.82) is 0 Å². The lowest BCUT2D eigenvalue weighted by molar-refractivity contribution is 0.0925. The molecule has 3 aromatic carbocycles. The minimum absolute atomic E-state index is 0.0158. The summed E-state index contributed by atoms with van der Waals surface area (Å²) in [7, 11) is 1.61. The zero-order valence-corrected chi connectivity index (χ0v) is 13.3. The number of fused-ring (bicyclic) bond motifs is 3. The van der Waals surface area contributed by atoms with Crippen molar-refractivity contribution in [2.75, 3.05) is 13.7 Å². The Morgan fingerprint density at radius 3 is 2.42 bits per heavy atom. The van der Waals surface area contributed by atoms with Crippen LogP contribution in [0.5, 0.6) is 11.5 Å². The zero-order chi connectivity index (χ0) is 16.5. The molecule has 0 bridgehead atoms. The first-order chi connectivity index (χ1) is 11.8. The first kappa shape index (κ1) is 14.5. The maximum atomic E-state index is 12.6. The third-order valence-electron chi connectivity index (χ3n) is 4.26.